The van der Waals surface area contributed by atoms with Crippen molar-refractivity contribution in [3.63, 3.8) is 0 Å². The minimum atomic E-state index is -1.26. The average Bonchev–Trinajstić information content (AvgIpc) is 2.46. The molecule has 0 bridgehead atoms. The second-order valence-corrected chi connectivity index (χ2v) is 6.65. The summed E-state index contributed by atoms with van der Waals surface area (Å²) in [5.74, 6) is 0.796. The largest absolute Gasteiger partial charge is 0.495 e. The van der Waals surface area contributed by atoms with Crippen LogP contribution in [0.15, 0.2) is 45.8 Å². The van der Waals surface area contributed by atoms with Crippen molar-refractivity contribution in [2.45, 2.75) is 10.6 Å². The molecule has 2 aromatic carbocycles. The van der Waals surface area contributed by atoms with Crippen LogP contribution in [0.25, 0.3) is 0 Å². The summed E-state index contributed by atoms with van der Waals surface area (Å²) in [6.45, 7) is 0. The fourth-order valence-corrected chi connectivity index (χ4v) is 3.43. The van der Waals surface area contributed by atoms with Crippen molar-refractivity contribution in [2.24, 2.45) is 0 Å². The Hall–Kier alpha value is -1.84. The molecule has 0 radical (unpaired) electrons. The molecule has 0 spiro atoms. The predicted octanol–water partition coefficient (Wildman–Crippen LogP) is 3.22. The van der Waals surface area contributed by atoms with Gasteiger partial charge in [-0.3, -0.25) is 4.21 Å². The van der Waals surface area contributed by atoms with E-state index in [1.54, 1.807) is 30.3 Å². The molecule has 108 valence electrons. The number of benzene rings is 2. The molecule has 0 saturated heterocycles. The van der Waals surface area contributed by atoms with E-state index >= 15 is 0 Å². The number of nitrogen functional groups attached to an aromatic ring is 1. The number of halogens is 1. The number of hydrogen-bond acceptors (Lipinski definition) is 4. The zero-order valence-electron chi connectivity index (χ0n) is 11.3. The lowest BCUT2D eigenvalue weighted by Gasteiger charge is -2.08. The molecule has 2 aromatic rings. The summed E-state index contributed by atoms with van der Waals surface area (Å²) in [4.78, 5) is 0.599. The molecule has 0 amide bonds. The second kappa shape index (κ2) is 6.74. The highest BCUT2D eigenvalue weighted by molar-refractivity contribution is 9.10. The maximum Gasteiger partial charge on any atom is 0.136 e. The monoisotopic (exact) mass is 364 g/mol. The minimum absolute atomic E-state index is 0.313. The molecule has 2 rings (SSSR count). The first-order chi connectivity index (χ1) is 10.0. The summed E-state index contributed by atoms with van der Waals surface area (Å²) < 4.78 is 18.4. The zero-order chi connectivity index (χ0) is 15.4. The van der Waals surface area contributed by atoms with Crippen molar-refractivity contribution in [3.8, 4) is 11.8 Å². The Morgan fingerprint density at radius 3 is 2.71 bits per heavy atom. The predicted molar refractivity (Wildman–Crippen MR) is 86.4 cm³/mol. The lowest BCUT2D eigenvalue weighted by molar-refractivity contribution is 0.413. The van der Waals surface area contributed by atoms with Crippen LogP contribution in [0.3, 0.4) is 0 Å². The Balaban J connectivity index is 2.26. The van der Waals surface area contributed by atoms with E-state index < -0.39 is 10.8 Å². The highest BCUT2D eigenvalue weighted by Gasteiger charge is 2.11. The molecule has 0 aromatic heterocycles. The molecule has 0 aliphatic carbocycles. The van der Waals surface area contributed by atoms with E-state index in [-0.39, 0.29) is 0 Å². The Kier molecular flexibility index (Phi) is 4.99. The fraction of sp³-hybridized carbons (Fsp3) is 0.133. The normalized spacial score (nSPS) is 11.7. The Labute approximate surface area is 134 Å². The number of nitrogens with two attached hydrogens (primary N) is 1. The Bertz CT molecular complexity index is 741. The number of hydrogen-bond donors (Lipinski definition) is 1. The van der Waals surface area contributed by atoms with Crippen LogP contribution >= 0.6 is 15.9 Å². The third kappa shape index (κ3) is 3.63. The number of methoxy groups -OCH3 is 1. The molecule has 0 heterocycles. The lowest BCUT2D eigenvalue weighted by atomic mass is 10.1. The van der Waals surface area contributed by atoms with Gasteiger partial charge >= 0.3 is 0 Å². The molecule has 0 fully saturated rings. The number of anilines is 1. The summed E-state index contributed by atoms with van der Waals surface area (Å²) >= 11 is 3.32. The minimum Gasteiger partial charge on any atom is -0.495 e. The maximum atomic E-state index is 12.4. The van der Waals surface area contributed by atoms with Gasteiger partial charge in [0.1, 0.15) is 11.8 Å². The third-order valence-corrected chi connectivity index (χ3v) is 4.85. The van der Waals surface area contributed by atoms with Crippen LogP contribution in [0.5, 0.6) is 5.75 Å². The second-order valence-electron chi connectivity index (χ2n) is 4.32. The van der Waals surface area contributed by atoms with Crippen LogP contribution in [0.2, 0.25) is 0 Å². The van der Waals surface area contributed by atoms with Gasteiger partial charge in [0.05, 0.1) is 34.1 Å². The molecular weight excluding hydrogens is 352 g/mol. The van der Waals surface area contributed by atoms with Crippen LogP contribution in [-0.2, 0) is 16.6 Å². The van der Waals surface area contributed by atoms with E-state index in [1.165, 1.54) is 7.11 Å². The van der Waals surface area contributed by atoms with Gasteiger partial charge in [-0.15, -0.1) is 0 Å². The van der Waals surface area contributed by atoms with Crippen LogP contribution < -0.4 is 10.5 Å². The molecule has 6 heteroatoms. The standard InChI is InChI=1S/C15H13BrN2O2S/c1-20-14-6-10(2-3-11(14)8-17)9-21(19)15-5-4-12(16)7-13(15)18/h2-7H,9,18H2,1H3. The first-order valence-electron chi connectivity index (χ1n) is 6.05. The van der Waals surface area contributed by atoms with Crippen molar-refractivity contribution in [3.05, 3.63) is 52.0 Å². The van der Waals surface area contributed by atoms with Gasteiger partial charge in [-0.1, -0.05) is 22.0 Å². The first kappa shape index (κ1) is 15.5. The molecule has 0 aliphatic rings. The molecule has 21 heavy (non-hydrogen) atoms. The zero-order valence-corrected chi connectivity index (χ0v) is 13.7. The van der Waals surface area contributed by atoms with E-state index in [0.29, 0.717) is 27.6 Å². The number of ether oxygens (including phenoxy) is 1. The summed E-state index contributed by atoms with van der Waals surface area (Å²) in [5.41, 5.74) is 7.66. The molecule has 2 N–H and O–H groups in total. The highest BCUT2D eigenvalue weighted by Crippen LogP contribution is 2.25. The smallest absolute Gasteiger partial charge is 0.136 e. The molecule has 1 atom stereocenters. The van der Waals surface area contributed by atoms with E-state index in [9.17, 15) is 4.21 Å². The van der Waals surface area contributed by atoms with Crippen LogP contribution in [0.4, 0.5) is 5.69 Å². The number of rotatable bonds is 4. The molecular formula is C15H13BrN2O2S. The quantitative estimate of drug-likeness (QED) is 0.844. The molecule has 1 unspecified atom stereocenters. The number of nitriles is 1. The van der Waals surface area contributed by atoms with E-state index in [0.717, 1.165) is 10.0 Å². The van der Waals surface area contributed by atoms with Gasteiger partial charge in [-0.05, 0) is 35.9 Å². The molecule has 0 saturated carbocycles. The van der Waals surface area contributed by atoms with Crippen molar-refractivity contribution in [1.82, 2.24) is 0 Å². The third-order valence-electron chi connectivity index (χ3n) is 2.90. The topological polar surface area (TPSA) is 76.1 Å². The van der Waals surface area contributed by atoms with Crippen molar-refractivity contribution in [2.75, 3.05) is 12.8 Å². The van der Waals surface area contributed by atoms with E-state index in [1.807, 2.05) is 12.1 Å². The molecule has 0 aliphatic heterocycles. The number of nitrogens with zero attached hydrogens (tertiary/aromatic N) is 1. The van der Waals surface area contributed by atoms with Crippen molar-refractivity contribution in [1.29, 1.82) is 5.26 Å². The van der Waals surface area contributed by atoms with Crippen LogP contribution in [-0.4, -0.2) is 11.3 Å². The lowest BCUT2D eigenvalue weighted by Crippen LogP contribution is -2.01. The maximum absolute atomic E-state index is 12.4. The average molecular weight is 365 g/mol. The van der Waals surface area contributed by atoms with Crippen LogP contribution in [0, 0.1) is 11.3 Å². The first-order valence-corrected chi connectivity index (χ1v) is 8.16. The van der Waals surface area contributed by atoms with Crippen molar-refractivity contribution < 1.29 is 8.95 Å². The summed E-state index contributed by atoms with van der Waals surface area (Å²) in [5, 5.41) is 8.95. The summed E-state index contributed by atoms with van der Waals surface area (Å²) in [6, 6.07) is 12.5. The van der Waals surface area contributed by atoms with Gasteiger partial charge in [0.25, 0.3) is 0 Å². The van der Waals surface area contributed by atoms with Gasteiger partial charge in [0.15, 0.2) is 0 Å². The van der Waals surface area contributed by atoms with Gasteiger partial charge in [0, 0.05) is 10.2 Å². The van der Waals surface area contributed by atoms with E-state index in [2.05, 4.69) is 15.9 Å². The van der Waals surface area contributed by atoms with Gasteiger partial charge in [-0.25, -0.2) is 0 Å². The Morgan fingerprint density at radius 1 is 1.33 bits per heavy atom. The Morgan fingerprint density at radius 2 is 2.10 bits per heavy atom. The highest BCUT2D eigenvalue weighted by atomic mass is 79.9. The van der Waals surface area contributed by atoms with Crippen molar-refractivity contribution >= 4 is 32.4 Å². The van der Waals surface area contributed by atoms with Crippen LogP contribution in [0.1, 0.15) is 11.1 Å². The van der Waals surface area contributed by atoms with E-state index in [4.69, 9.17) is 15.7 Å². The van der Waals surface area contributed by atoms with Gasteiger partial charge in [-0.2, -0.15) is 5.26 Å². The van der Waals surface area contributed by atoms with Gasteiger partial charge in [0.2, 0.25) is 0 Å². The molecule has 4 nitrogen and oxygen atoms in total. The fourth-order valence-electron chi connectivity index (χ4n) is 1.87. The van der Waals surface area contributed by atoms with Gasteiger partial charge < -0.3 is 10.5 Å². The summed E-state index contributed by atoms with van der Waals surface area (Å²) in [7, 11) is 0.246. The SMILES string of the molecule is COc1cc(CS(=O)c2ccc(Br)cc2N)ccc1C#N. The summed E-state index contributed by atoms with van der Waals surface area (Å²) in [6.07, 6.45) is 0.